The van der Waals surface area contributed by atoms with Crippen molar-refractivity contribution in [1.82, 2.24) is 15.0 Å². The van der Waals surface area contributed by atoms with E-state index >= 15 is 0 Å². The third kappa shape index (κ3) is 10.6. The first-order valence-corrected chi connectivity index (χ1v) is 18.6. The number of benzene rings is 5. The summed E-state index contributed by atoms with van der Waals surface area (Å²) in [6.45, 7) is 1.60. The molecular formula is C45H45N3O8. The van der Waals surface area contributed by atoms with Gasteiger partial charge in [0.2, 0.25) is 0 Å². The van der Waals surface area contributed by atoms with Crippen molar-refractivity contribution in [3.05, 3.63) is 185 Å². The quantitative estimate of drug-likeness (QED) is 0.0831. The second kappa shape index (κ2) is 19.9. The number of hydrogen-bond donors (Lipinski definition) is 0. The second-order valence-corrected chi connectivity index (χ2v) is 13.3. The van der Waals surface area contributed by atoms with E-state index in [1.54, 1.807) is 35.1 Å². The van der Waals surface area contributed by atoms with Gasteiger partial charge < -0.3 is 33.2 Å². The highest BCUT2D eigenvalue weighted by Gasteiger charge is 2.49. The summed E-state index contributed by atoms with van der Waals surface area (Å²) in [5.41, 5.74) is 5.78. The maximum absolute atomic E-state index is 11.9. The van der Waals surface area contributed by atoms with Crippen molar-refractivity contribution in [2.75, 3.05) is 13.7 Å². The minimum Gasteiger partial charge on any atom is -0.465 e. The lowest BCUT2D eigenvalue weighted by Gasteiger charge is -2.45. The number of methoxy groups -OCH3 is 1. The summed E-state index contributed by atoms with van der Waals surface area (Å²) in [5, 5.41) is 8.66. The van der Waals surface area contributed by atoms with Crippen LogP contribution in [0.5, 0.6) is 0 Å². The topological polar surface area (TPSA) is 112 Å². The van der Waals surface area contributed by atoms with Gasteiger partial charge in [-0.1, -0.05) is 127 Å². The third-order valence-electron chi connectivity index (χ3n) is 9.33. The number of carbonyl (C=O) groups is 1. The van der Waals surface area contributed by atoms with Crippen LogP contribution >= 0.6 is 0 Å². The molecule has 11 heteroatoms. The number of carbonyl (C=O) groups excluding carboxylic acids is 1. The van der Waals surface area contributed by atoms with E-state index in [9.17, 15) is 4.79 Å². The SMILES string of the molecule is COC(=O)c1ccc(-n2cc(CO[C@H]3O[C@H](COCc4ccccc4)[C@@H](OCc4ccccc4)[C@H](OCc4ccccc4)[C@H]3OCc3ccccc3)nn2)cc1. The molecule has 6 aromatic rings. The molecule has 0 spiro atoms. The van der Waals surface area contributed by atoms with Crippen LogP contribution in [0.3, 0.4) is 0 Å². The summed E-state index contributed by atoms with van der Waals surface area (Å²) in [6, 6.07) is 46.9. The monoisotopic (exact) mass is 755 g/mol. The summed E-state index contributed by atoms with van der Waals surface area (Å²) in [7, 11) is 1.35. The van der Waals surface area contributed by atoms with E-state index in [0.29, 0.717) is 31.1 Å². The molecule has 2 heterocycles. The largest absolute Gasteiger partial charge is 0.465 e. The Morgan fingerprint density at radius 2 is 1.09 bits per heavy atom. The van der Waals surface area contributed by atoms with Gasteiger partial charge in [-0.3, -0.25) is 0 Å². The minimum absolute atomic E-state index is 0.0641. The molecule has 1 aliphatic rings. The molecule has 0 unspecified atom stereocenters. The van der Waals surface area contributed by atoms with Crippen LogP contribution in [-0.2, 0) is 66.2 Å². The molecule has 0 radical (unpaired) electrons. The Morgan fingerprint density at radius 1 is 0.589 bits per heavy atom. The molecule has 0 aliphatic carbocycles. The standard InChI is InChI=1S/C45H45N3O8/c1-50-44(49)37-22-24-39(25-23-37)48-26-38(46-47-48)31-55-45-43(54-30-36-20-12-5-13-21-36)42(53-29-35-18-10-4-11-19-35)41(52-28-34-16-8-3-9-17-34)40(56-45)32-51-27-33-14-6-2-7-15-33/h2-26,40-43,45H,27-32H2,1H3/t40-,41-,42+,43-,45+/m1/s1. The highest BCUT2D eigenvalue weighted by Crippen LogP contribution is 2.32. The molecule has 1 saturated heterocycles. The van der Waals surface area contributed by atoms with Crippen LogP contribution in [0.15, 0.2) is 152 Å². The zero-order valence-electron chi connectivity index (χ0n) is 31.2. The Balaban J connectivity index is 1.16. The molecule has 1 aliphatic heterocycles. The molecule has 5 aromatic carbocycles. The van der Waals surface area contributed by atoms with Crippen LogP contribution in [0.1, 0.15) is 38.3 Å². The highest BCUT2D eigenvalue weighted by atomic mass is 16.7. The van der Waals surface area contributed by atoms with Crippen molar-refractivity contribution in [1.29, 1.82) is 0 Å². The van der Waals surface area contributed by atoms with Crippen LogP contribution in [0, 0.1) is 0 Å². The first-order chi connectivity index (χ1) is 27.6. The number of esters is 1. The molecule has 56 heavy (non-hydrogen) atoms. The number of nitrogens with zero attached hydrogens (tertiary/aromatic N) is 3. The summed E-state index contributed by atoms with van der Waals surface area (Å²) in [4.78, 5) is 11.9. The molecule has 7 rings (SSSR count). The first kappa shape index (κ1) is 38.7. The van der Waals surface area contributed by atoms with Gasteiger partial charge in [-0.15, -0.1) is 5.10 Å². The van der Waals surface area contributed by atoms with Crippen molar-refractivity contribution < 1.29 is 38.0 Å². The fourth-order valence-electron chi connectivity index (χ4n) is 6.41. The molecular weight excluding hydrogens is 711 g/mol. The summed E-state index contributed by atoms with van der Waals surface area (Å²) < 4.78 is 46.4. The molecule has 0 bridgehead atoms. The molecule has 288 valence electrons. The van der Waals surface area contributed by atoms with E-state index in [0.717, 1.165) is 27.9 Å². The average Bonchev–Trinajstić information content (AvgIpc) is 3.74. The highest BCUT2D eigenvalue weighted by molar-refractivity contribution is 5.89. The second-order valence-electron chi connectivity index (χ2n) is 13.3. The predicted octanol–water partition coefficient (Wildman–Crippen LogP) is 7.27. The van der Waals surface area contributed by atoms with Gasteiger partial charge in [-0.25, -0.2) is 9.48 Å². The normalized spacial score (nSPS) is 19.4. The maximum Gasteiger partial charge on any atom is 0.337 e. The van der Waals surface area contributed by atoms with Gasteiger partial charge in [-0.05, 0) is 46.5 Å². The van der Waals surface area contributed by atoms with Crippen LogP contribution in [-0.4, -0.2) is 65.4 Å². The maximum atomic E-state index is 11.9. The van der Waals surface area contributed by atoms with Gasteiger partial charge in [0.1, 0.15) is 30.1 Å². The zero-order chi connectivity index (χ0) is 38.4. The average molecular weight is 756 g/mol. The number of hydrogen-bond acceptors (Lipinski definition) is 10. The predicted molar refractivity (Wildman–Crippen MR) is 207 cm³/mol. The van der Waals surface area contributed by atoms with Gasteiger partial charge in [-0.2, -0.15) is 0 Å². The Hall–Kier alpha value is -5.53. The Labute approximate surface area is 326 Å². The van der Waals surface area contributed by atoms with Crippen molar-refractivity contribution in [3.8, 4) is 5.69 Å². The molecule has 1 fully saturated rings. The number of rotatable bonds is 18. The van der Waals surface area contributed by atoms with Gasteiger partial charge in [0.25, 0.3) is 0 Å². The number of aromatic nitrogens is 3. The zero-order valence-corrected chi connectivity index (χ0v) is 31.2. The van der Waals surface area contributed by atoms with E-state index < -0.39 is 36.7 Å². The molecule has 0 amide bonds. The Bertz CT molecular complexity index is 2050. The minimum atomic E-state index is -0.897. The Kier molecular flexibility index (Phi) is 13.7. The molecule has 0 saturated carbocycles. The lowest BCUT2D eigenvalue weighted by Crippen LogP contribution is -2.61. The smallest absolute Gasteiger partial charge is 0.337 e. The summed E-state index contributed by atoms with van der Waals surface area (Å²) in [6.07, 6.45) is -1.66. The Morgan fingerprint density at radius 3 is 1.62 bits per heavy atom. The van der Waals surface area contributed by atoms with Gasteiger partial charge >= 0.3 is 5.97 Å². The lowest BCUT2D eigenvalue weighted by molar-refractivity contribution is -0.331. The fourth-order valence-corrected chi connectivity index (χ4v) is 6.41. The molecule has 1 aromatic heterocycles. The molecule has 5 atom stereocenters. The van der Waals surface area contributed by atoms with E-state index in [4.69, 9.17) is 33.2 Å². The van der Waals surface area contributed by atoms with Crippen molar-refractivity contribution in [2.45, 2.75) is 63.7 Å². The van der Waals surface area contributed by atoms with Crippen molar-refractivity contribution in [3.63, 3.8) is 0 Å². The van der Waals surface area contributed by atoms with E-state index in [2.05, 4.69) is 10.3 Å². The fraction of sp³-hybridized carbons (Fsp3) is 0.267. The van der Waals surface area contributed by atoms with E-state index in [1.807, 2.05) is 121 Å². The summed E-state index contributed by atoms with van der Waals surface area (Å²) >= 11 is 0. The van der Waals surface area contributed by atoms with E-state index in [1.165, 1.54) is 7.11 Å². The van der Waals surface area contributed by atoms with Crippen molar-refractivity contribution >= 4 is 5.97 Å². The third-order valence-corrected chi connectivity index (χ3v) is 9.33. The van der Waals surface area contributed by atoms with Gasteiger partial charge in [0.05, 0.1) is 64.2 Å². The van der Waals surface area contributed by atoms with Gasteiger partial charge in [0.15, 0.2) is 6.29 Å². The van der Waals surface area contributed by atoms with Crippen LogP contribution in [0.25, 0.3) is 5.69 Å². The van der Waals surface area contributed by atoms with Crippen LogP contribution < -0.4 is 0 Å². The summed E-state index contributed by atoms with van der Waals surface area (Å²) in [5.74, 6) is -0.414. The van der Waals surface area contributed by atoms with Crippen LogP contribution in [0.4, 0.5) is 0 Å². The van der Waals surface area contributed by atoms with Crippen LogP contribution in [0.2, 0.25) is 0 Å². The lowest BCUT2D eigenvalue weighted by atomic mass is 9.97. The molecule has 11 nitrogen and oxygen atoms in total. The molecule has 0 N–H and O–H groups in total. The van der Waals surface area contributed by atoms with Crippen molar-refractivity contribution in [2.24, 2.45) is 0 Å². The van der Waals surface area contributed by atoms with Gasteiger partial charge in [0, 0.05) is 0 Å². The van der Waals surface area contributed by atoms with E-state index in [-0.39, 0.29) is 19.8 Å². The first-order valence-electron chi connectivity index (χ1n) is 18.6. The number of ether oxygens (including phenoxy) is 7.